The van der Waals surface area contributed by atoms with E-state index in [0.29, 0.717) is 11.5 Å². The highest BCUT2D eigenvalue weighted by atomic mass is 16.6. The van der Waals surface area contributed by atoms with Crippen LogP contribution in [0.5, 0.6) is 0 Å². The smallest absolute Gasteiger partial charge is 0.272 e. The molecule has 16 heavy (non-hydrogen) atoms. The van der Waals surface area contributed by atoms with Crippen LogP contribution in [0.3, 0.4) is 0 Å². The summed E-state index contributed by atoms with van der Waals surface area (Å²) in [5.41, 5.74) is 0.584. The van der Waals surface area contributed by atoms with E-state index in [2.05, 4.69) is 10.1 Å². The van der Waals surface area contributed by atoms with Crippen LogP contribution in [-0.2, 0) is 4.79 Å². The molecular weight excluding hydrogens is 212 g/mol. The predicted octanol–water partition coefficient (Wildman–Crippen LogP) is 1.10. The molecule has 1 aliphatic heterocycles. The van der Waals surface area contributed by atoms with E-state index < -0.39 is 4.92 Å². The minimum absolute atomic E-state index is 0.115. The number of aromatic nitrogens is 1. The average Bonchev–Trinajstić information content (AvgIpc) is 2.58. The summed E-state index contributed by atoms with van der Waals surface area (Å²) in [6.45, 7) is 1.74. The first-order valence-electron chi connectivity index (χ1n) is 4.55. The van der Waals surface area contributed by atoms with Crippen molar-refractivity contribution in [2.24, 2.45) is 5.10 Å². The van der Waals surface area contributed by atoms with Crippen molar-refractivity contribution in [1.29, 1.82) is 0 Å². The second-order valence-electron chi connectivity index (χ2n) is 3.35. The highest BCUT2D eigenvalue weighted by Gasteiger charge is 2.24. The third kappa shape index (κ3) is 1.74. The highest BCUT2D eigenvalue weighted by molar-refractivity contribution is 6.11. The lowest BCUT2D eigenvalue weighted by atomic mass is 10.3. The van der Waals surface area contributed by atoms with E-state index >= 15 is 0 Å². The van der Waals surface area contributed by atoms with E-state index in [1.165, 1.54) is 12.1 Å². The number of carbonyl (C=O) groups excluding carboxylic acids is 1. The number of hydrogen-bond donors (Lipinski definition) is 0. The molecule has 0 N–H and O–H groups in total. The molecule has 1 aromatic heterocycles. The van der Waals surface area contributed by atoms with Crippen molar-refractivity contribution in [3.05, 3.63) is 28.4 Å². The molecule has 1 amide bonds. The Labute approximate surface area is 90.5 Å². The Morgan fingerprint density at radius 3 is 2.69 bits per heavy atom. The fraction of sp³-hybridized carbons (Fsp3) is 0.222. The number of rotatable bonds is 2. The molecule has 2 rings (SSSR count). The molecule has 1 aromatic rings. The van der Waals surface area contributed by atoms with Crippen LogP contribution < -0.4 is 5.01 Å². The number of carbonyl (C=O) groups is 1. The van der Waals surface area contributed by atoms with Crippen LogP contribution >= 0.6 is 0 Å². The van der Waals surface area contributed by atoms with Gasteiger partial charge in [0.1, 0.15) is 6.20 Å². The molecule has 0 saturated carbocycles. The van der Waals surface area contributed by atoms with Crippen molar-refractivity contribution in [2.45, 2.75) is 13.3 Å². The maximum Gasteiger partial charge on any atom is 0.287 e. The molecule has 1 aliphatic rings. The standard InChI is InChI=1S/C9H8N4O3/c1-6-4-9(14)12(11-6)8-3-2-7(5-10-8)13(15)16/h2-3,5H,4H2,1H3. The molecule has 0 fully saturated rings. The van der Waals surface area contributed by atoms with Gasteiger partial charge in [-0.25, -0.2) is 4.98 Å². The van der Waals surface area contributed by atoms with E-state index in [0.717, 1.165) is 11.2 Å². The van der Waals surface area contributed by atoms with E-state index in [1.807, 2.05) is 0 Å². The van der Waals surface area contributed by atoms with Crippen molar-refractivity contribution in [2.75, 3.05) is 5.01 Å². The number of pyridine rings is 1. The molecule has 2 heterocycles. The molecule has 82 valence electrons. The maximum atomic E-state index is 11.4. The Kier molecular flexibility index (Phi) is 2.35. The molecule has 0 unspecified atom stereocenters. The van der Waals surface area contributed by atoms with Crippen molar-refractivity contribution in [1.82, 2.24) is 4.98 Å². The first kappa shape index (κ1) is 10.2. The van der Waals surface area contributed by atoms with Gasteiger partial charge in [0.15, 0.2) is 5.82 Å². The molecule has 0 spiro atoms. The van der Waals surface area contributed by atoms with Gasteiger partial charge in [-0.05, 0) is 13.0 Å². The van der Waals surface area contributed by atoms with E-state index in [1.54, 1.807) is 6.92 Å². The number of nitrogens with zero attached hydrogens (tertiary/aromatic N) is 4. The highest BCUT2D eigenvalue weighted by Crippen LogP contribution is 2.20. The van der Waals surface area contributed by atoms with Gasteiger partial charge in [-0.1, -0.05) is 0 Å². The lowest BCUT2D eigenvalue weighted by molar-refractivity contribution is -0.385. The molecule has 7 heteroatoms. The van der Waals surface area contributed by atoms with Crippen molar-refractivity contribution >= 4 is 23.1 Å². The van der Waals surface area contributed by atoms with E-state index in [9.17, 15) is 14.9 Å². The number of hydrazone groups is 1. The van der Waals surface area contributed by atoms with E-state index in [4.69, 9.17) is 0 Å². The monoisotopic (exact) mass is 220 g/mol. The molecule has 0 aliphatic carbocycles. The molecule has 0 radical (unpaired) electrons. The first-order valence-corrected chi connectivity index (χ1v) is 4.55. The predicted molar refractivity (Wildman–Crippen MR) is 56.1 cm³/mol. The molecule has 0 aromatic carbocycles. The van der Waals surface area contributed by atoms with Crippen LogP contribution in [0.4, 0.5) is 11.5 Å². The maximum absolute atomic E-state index is 11.4. The van der Waals surface area contributed by atoms with Crippen LogP contribution in [0.1, 0.15) is 13.3 Å². The minimum atomic E-state index is -0.545. The summed E-state index contributed by atoms with van der Waals surface area (Å²) in [6.07, 6.45) is 1.37. The normalized spacial score (nSPS) is 15.2. The lowest BCUT2D eigenvalue weighted by Gasteiger charge is -2.09. The summed E-state index contributed by atoms with van der Waals surface area (Å²) in [4.78, 5) is 25.1. The van der Waals surface area contributed by atoms with Gasteiger partial charge in [0.25, 0.3) is 11.6 Å². The van der Waals surface area contributed by atoms with Gasteiger partial charge in [0.2, 0.25) is 0 Å². The van der Waals surface area contributed by atoms with Gasteiger partial charge in [0.05, 0.1) is 11.3 Å². The van der Waals surface area contributed by atoms with Gasteiger partial charge in [0, 0.05) is 11.8 Å². The van der Waals surface area contributed by atoms with Gasteiger partial charge >= 0.3 is 0 Å². The van der Waals surface area contributed by atoms with Gasteiger partial charge < -0.3 is 0 Å². The van der Waals surface area contributed by atoms with Crippen molar-refractivity contribution in [3.8, 4) is 0 Å². The average molecular weight is 220 g/mol. The number of amides is 1. The summed E-state index contributed by atoms with van der Waals surface area (Å²) in [5.74, 6) is 0.117. The second-order valence-corrected chi connectivity index (χ2v) is 3.35. The van der Waals surface area contributed by atoms with Crippen LogP contribution in [0.15, 0.2) is 23.4 Å². The number of hydrogen-bond acceptors (Lipinski definition) is 5. The number of anilines is 1. The first-order chi connectivity index (χ1) is 7.58. The minimum Gasteiger partial charge on any atom is -0.272 e. The molecule has 7 nitrogen and oxygen atoms in total. The second kappa shape index (κ2) is 3.69. The SMILES string of the molecule is CC1=NN(c2ccc([N+](=O)[O-])cn2)C(=O)C1. The molecular formula is C9H8N4O3. The van der Waals surface area contributed by atoms with Crippen molar-refractivity contribution < 1.29 is 9.72 Å². The molecule has 0 atom stereocenters. The third-order valence-corrected chi connectivity index (χ3v) is 2.07. The topological polar surface area (TPSA) is 88.7 Å². The largest absolute Gasteiger partial charge is 0.287 e. The summed E-state index contributed by atoms with van der Waals surface area (Å²) < 4.78 is 0. The zero-order chi connectivity index (χ0) is 11.7. The quantitative estimate of drug-likeness (QED) is 0.551. The molecule has 0 saturated heterocycles. The summed E-state index contributed by atoms with van der Waals surface area (Å²) in [5, 5.41) is 15.5. The third-order valence-electron chi connectivity index (χ3n) is 2.07. The summed E-state index contributed by atoms with van der Waals surface area (Å²) in [7, 11) is 0. The van der Waals surface area contributed by atoms with Gasteiger partial charge in [-0.3, -0.25) is 14.9 Å². The molecule has 0 bridgehead atoms. The van der Waals surface area contributed by atoms with Crippen LogP contribution in [0.2, 0.25) is 0 Å². The lowest BCUT2D eigenvalue weighted by Crippen LogP contribution is -2.20. The summed E-state index contributed by atoms with van der Waals surface area (Å²) in [6, 6.07) is 2.69. The summed E-state index contributed by atoms with van der Waals surface area (Å²) >= 11 is 0. The van der Waals surface area contributed by atoms with Gasteiger partial charge in [-0.2, -0.15) is 10.1 Å². The Morgan fingerprint density at radius 2 is 2.25 bits per heavy atom. The van der Waals surface area contributed by atoms with Gasteiger partial charge in [-0.15, -0.1) is 0 Å². The van der Waals surface area contributed by atoms with E-state index in [-0.39, 0.29) is 18.0 Å². The zero-order valence-electron chi connectivity index (χ0n) is 8.45. The van der Waals surface area contributed by atoms with Crippen LogP contribution in [-0.4, -0.2) is 21.5 Å². The van der Waals surface area contributed by atoms with Crippen molar-refractivity contribution in [3.63, 3.8) is 0 Å². The van der Waals surface area contributed by atoms with Crippen LogP contribution in [0, 0.1) is 10.1 Å². The Bertz CT molecular complexity index is 480. The fourth-order valence-electron chi connectivity index (χ4n) is 1.35. The number of nitro groups is 1. The fourth-order valence-corrected chi connectivity index (χ4v) is 1.35. The zero-order valence-corrected chi connectivity index (χ0v) is 8.45. The Hall–Kier alpha value is -2.31. The van der Waals surface area contributed by atoms with Crippen LogP contribution in [0.25, 0.3) is 0 Å². The Balaban J connectivity index is 2.29. The Morgan fingerprint density at radius 1 is 1.50 bits per heavy atom.